The molecule has 1 aliphatic heterocycles. The minimum atomic E-state index is -0.814. The Morgan fingerprint density at radius 1 is 1.41 bits per heavy atom. The molecule has 0 atom stereocenters. The van der Waals surface area contributed by atoms with Gasteiger partial charge < -0.3 is 9.47 Å². The number of Topliss-reactive ketones (excluding diaryl/α,β-unsaturated/α-hetero) is 1. The second-order valence-corrected chi connectivity index (χ2v) is 3.39. The molecule has 4 nitrogen and oxygen atoms in total. The third-order valence-electron chi connectivity index (χ3n) is 2.36. The highest BCUT2D eigenvalue weighted by Gasteiger charge is 2.33. The van der Waals surface area contributed by atoms with E-state index in [2.05, 4.69) is 4.74 Å². The number of halogens is 1. The van der Waals surface area contributed by atoms with Crippen molar-refractivity contribution in [3.63, 3.8) is 0 Å². The summed E-state index contributed by atoms with van der Waals surface area (Å²) in [4.78, 5) is 22.9. The fraction of sp³-hybridized carbons (Fsp3) is 0.167. The number of hydrogen-bond acceptors (Lipinski definition) is 4. The Balaban J connectivity index is 2.56. The molecule has 0 aromatic heterocycles. The number of ketones is 1. The van der Waals surface area contributed by atoms with E-state index in [4.69, 9.17) is 4.74 Å². The average Bonchev–Trinajstić information content (AvgIpc) is 2.71. The molecule has 0 fully saturated rings. The van der Waals surface area contributed by atoms with Crippen LogP contribution in [-0.4, -0.2) is 25.5 Å². The lowest BCUT2D eigenvalue weighted by molar-refractivity contribution is -0.137. The van der Waals surface area contributed by atoms with Crippen molar-refractivity contribution < 1.29 is 23.5 Å². The van der Waals surface area contributed by atoms with Crippen LogP contribution >= 0.6 is 0 Å². The van der Waals surface area contributed by atoms with E-state index in [9.17, 15) is 14.0 Å². The number of rotatable bonds is 2. The van der Waals surface area contributed by atoms with E-state index < -0.39 is 17.6 Å². The highest BCUT2D eigenvalue weighted by Crippen LogP contribution is 2.28. The van der Waals surface area contributed by atoms with Crippen LogP contribution in [0.5, 0.6) is 0 Å². The molecule has 1 aliphatic rings. The molecule has 0 spiro atoms. The molecular weight excluding hydrogens is 227 g/mol. The molecule has 0 radical (unpaired) electrons. The van der Waals surface area contributed by atoms with E-state index in [-0.39, 0.29) is 23.5 Å². The van der Waals surface area contributed by atoms with Gasteiger partial charge in [0.25, 0.3) is 0 Å². The predicted molar refractivity (Wildman–Crippen MR) is 56.3 cm³/mol. The number of benzene rings is 1. The first-order chi connectivity index (χ1) is 8.15. The second-order valence-electron chi connectivity index (χ2n) is 3.39. The molecule has 0 saturated carbocycles. The highest BCUT2D eigenvalue weighted by molar-refractivity contribution is 6.24. The monoisotopic (exact) mass is 236 g/mol. The maximum Gasteiger partial charge on any atom is 0.345 e. The number of ether oxygens (including phenoxy) is 2. The Hall–Kier alpha value is -2.17. The summed E-state index contributed by atoms with van der Waals surface area (Å²) in [6, 6.07) is 5.76. The molecule has 0 unspecified atom stereocenters. The van der Waals surface area contributed by atoms with Gasteiger partial charge in [0.2, 0.25) is 5.78 Å². The van der Waals surface area contributed by atoms with Crippen molar-refractivity contribution in [2.45, 2.75) is 0 Å². The van der Waals surface area contributed by atoms with Gasteiger partial charge in [-0.15, -0.1) is 0 Å². The standard InChI is InChI=1S/C12H9FO4/c1-16-12(15)10-9(14)6-17-11(10)7-4-2-3-5-8(7)13/h2-5H,6H2,1H3. The van der Waals surface area contributed by atoms with Crippen LogP contribution in [0.3, 0.4) is 0 Å². The summed E-state index contributed by atoms with van der Waals surface area (Å²) in [5.41, 5.74) is -0.156. The van der Waals surface area contributed by atoms with Crippen LogP contribution in [0.15, 0.2) is 29.8 Å². The van der Waals surface area contributed by atoms with Crippen LogP contribution in [0.2, 0.25) is 0 Å². The molecule has 1 heterocycles. The van der Waals surface area contributed by atoms with Gasteiger partial charge in [0.15, 0.2) is 6.61 Å². The third kappa shape index (κ3) is 1.91. The van der Waals surface area contributed by atoms with Gasteiger partial charge in [0, 0.05) is 0 Å². The van der Waals surface area contributed by atoms with Crippen molar-refractivity contribution in [2.24, 2.45) is 0 Å². The average molecular weight is 236 g/mol. The molecule has 0 N–H and O–H groups in total. The maximum absolute atomic E-state index is 13.5. The van der Waals surface area contributed by atoms with Crippen molar-refractivity contribution in [1.29, 1.82) is 0 Å². The van der Waals surface area contributed by atoms with Crippen LogP contribution in [-0.2, 0) is 19.1 Å². The predicted octanol–water partition coefficient (Wildman–Crippen LogP) is 1.31. The minimum Gasteiger partial charge on any atom is -0.484 e. The molecule has 0 aliphatic carbocycles. The van der Waals surface area contributed by atoms with Crippen LogP contribution in [0.25, 0.3) is 5.76 Å². The first-order valence-electron chi connectivity index (χ1n) is 4.88. The lowest BCUT2D eigenvalue weighted by Crippen LogP contribution is -2.13. The number of esters is 1. The second kappa shape index (κ2) is 4.37. The molecule has 0 saturated heterocycles. The van der Waals surface area contributed by atoms with Crippen LogP contribution in [0.1, 0.15) is 5.56 Å². The van der Waals surface area contributed by atoms with Crippen LogP contribution in [0.4, 0.5) is 4.39 Å². The molecular formula is C12H9FO4. The van der Waals surface area contributed by atoms with E-state index in [1.165, 1.54) is 18.2 Å². The van der Waals surface area contributed by atoms with E-state index in [1.54, 1.807) is 6.07 Å². The zero-order valence-electron chi connectivity index (χ0n) is 9.03. The van der Waals surface area contributed by atoms with Gasteiger partial charge in [0.05, 0.1) is 12.7 Å². The third-order valence-corrected chi connectivity index (χ3v) is 2.36. The summed E-state index contributed by atoms with van der Waals surface area (Å²) in [5.74, 6) is -1.93. The van der Waals surface area contributed by atoms with E-state index in [0.717, 1.165) is 7.11 Å². The van der Waals surface area contributed by atoms with E-state index in [1.807, 2.05) is 0 Å². The summed E-state index contributed by atoms with van der Waals surface area (Å²) < 4.78 is 23.1. The summed E-state index contributed by atoms with van der Waals surface area (Å²) in [6.45, 7) is -0.270. The Bertz CT molecular complexity index is 519. The fourth-order valence-electron chi connectivity index (χ4n) is 1.58. The van der Waals surface area contributed by atoms with Gasteiger partial charge in [-0.1, -0.05) is 12.1 Å². The van der Waals surface area contributed by atoms with Gasteiger partial charge >= 0.3 is 5.97 Å². The molecule has 2 rings (SSSR count). The normalized spacial score (nSPS) is 14.8. The van der Waals surface area contributed by atoms with E-state index >= 15 is 0 Å². The Labute approximate surface area is 96.6 Å². The zero-order valence-corrected chi connectivity index (χ0v) is 9.03. The van der Waals surface area contributed by atoms with Gasteiger partial charge in [-0.25, -0.2) is 9.18 Å². The van der Waals surface area contributed by atoms with Crippen molar-refractivity contribution in [1.82, 2.24) is 0 Å². The minimum absolute atomic E-state index is 0.0556. The summed E-state index contributed by atoms with van der Waals surface area (Å²) in [5, 5.41) is 0. The Morgan fingerprint density at radius 3 is 2.76 bits per heavy atom. The zero-order chi connectivity index (χ0) is 12.4. The quantitative estimate of drug-likeness (QED) is 0.574. The SMILES string of the molecule is COC(=O)C1=C(c2ccccc2F)OCC1=O. The lowest BCUT2D eigenvalue weighted by Gasteiger charge is -2.05. The van der Waals surface area contributed by atoms with Crippen LogP contribution in [0, 0.1) is 5.82 Å². The Kier molecular flexibility index (Phi) is 2.91. The molecule has 88 valence electrons. The van der Waals surface area contributed by atoms with E-state index in [0.29, 0.717) is 0 Å². The fourth-order valence-corrected chi connectivity index (χ4v) is 1.58. The topological polar surface area (TPSA) is 52.6 Å². The Morgan fingerprint density at radius 2 is 2.12 bits per heavy atom. The van der Waals surface area contributed by atoms with Crippen molar-refractivity contribution >= 4 is 17.5 Å². The van der Waals surface area contributed by atoms with Gasteiger partial charge in [-0.3, -0.25) is 4.79 Å². The highest BCUT2D eigenvalue weighted by atomic mass is 19.1. The maximum atomic E-state index is 13.5. The first-order valence-corrected chi connectivity index (χ1v) is 4.88. The number of carbonyl (C=O) groups excluding carboxylic acids is 2. The summed E-state index contributed by atoms with van der Waals surface area (Å²) in [7, 11) is 1.15. The molecule has 5 heteroatoms. The molecule has 0 bridgehead atoms. The van der Waals surface area contributed by atoms with Gasteiger partial charge in [0.1, 0.15) is 17.1 Å². The van der Waals surface area contributed by atoms with Crippen molar-refractivity contribution in [3.05, 3.63) is 41.2 Å². The molecule has 1 aromatic rings. The number of hydrogen-bond donors (Lipinski definition) is 0. The smallest absolute Gasteiger partial charge is 0.345 e. The first kappa shape index (κ1) is 11.3. The molecule has 1 aromatic carbocycles. The number of carbonyl (C=O) groups is 2. The molecule has 0 amide bonds. The van der Waals surface area contributed by atoms with Crippen molar-refractivity contribution in [2.75, 3.05) is 13.7 Å². The van der Waals surface area contributed by atoms with Gasteiger partial charge in [-0.05, 0) is 12.1 Å². The van der Waals surface area contributed by atoms with Crippen LogP contribution < -0.4 is 0 Å². The van der Waals surface area contributed by atoms with Crippen molar-refractivity contribution in [3.8, 4) is 0 Å². The summed E-state index contributed by atoms with van der Waals surface area (Å²) >= 11 is 0. The number of methoxy groups -OCH3 is 1. The van der Waals surface area contributed by atoms with Gasteiger partial charge in [-0.2, -0.15) is 0 Å². The summed E-state index contributed by atoms with van der Waals surface area (Å²) in [6.07, 6.45) is 0. The lowest BCUT2D eigenvalue weighted by atomic mass is 10.1. The molecule has 17 heavy (non-hydrogen) atoms. The largest absolute Gasteiger partial charge is 0.484 e.